The molecule has 0 saturated carbocycles. The Morgan fingerprint density at radius 1 is 1.23 bits per heavy atom. The Hall–Kier alpha value is -0.960. The Kier molecular flexibility index (Phi) is 2.27. The summed E-state index contributed by atoms with van der Waals surface area (Å²) < 4.78 is 24.4. The summed E-state index contributed by atoms with van der Waals surface area (Å²) in [5.41, 5.74) is 1.21. The molecule has 1 saturated heterocycles. The lowest BCUT2D eigenvalue weighted by atomic mass is 9.97. The second kappa shape index (κ2) is 3.42. The van der Waals surface area contributed by atoms with Gasteiger partial charge in [-0.1, -0.05) is 24.3 Å². The van der Waals surface area contributed by atoms with Crippen molar-refractivity contribution >= 4 is 0 Å². The number of nitrogens with one attached hydrogen (secondary N) is 1. The third-order valence-electron chi connectivity index (χ3n) is 2.41. The molecule has 1 aliphatic heterocycles. The highest BCUT2D eigenvalue weighted by Gasteiger charge is 2.18. The highest BCUT2D eigenvalue weighted by atomic mass is 19.3. The number of hydrogen-bond acceptors (Lipinski definition) is 1. The van der Waals surface area contributed by atoms with E-state index >= 15 is 0 Å². The van der Waals surface area contributed by atoms with E-state index in [2.05, 4.69) is 5.32 Å². The van der Waals surface area contributed by atoms with Crippen molar-refractivity contribution in [3.05, 3.63) is 35.4 Å². The van der Waals surface area contributed by atoms with Crippen molar-refractivity contribution in [2.24, 2.45) is 0 Å². The number of hydrogen-bond donors (Lipinski definition) is 1. The van der Waals surface area contributed by atoms with Crippen LogP contribution in [-0.2, 0) is 0 Å². The molecule has 1 aliphatic rings. The molecule has 0 bridgehead atoms. The van der Waals surface area contributed by atoms with E-state index in [1.165, 1.54) is 12.1 Å². The molecule has 1 N–H and O–H groups in total. The Labute approximate surface area is 75.8 Å². The minimum absolute atomic E-state index is 0.100. The summed E-state index contributed by atoms with van der Waals surface area (Å²) >= 11 is 0. The van der Waals surface area contributed by atoms with Crippen molar-refractivity contribution in [2.75, 3.05) is 6.54 Å². The maximum atomic E-state index is 12.2. The van der Waals surface area contributed by atoms with Crippen LogP contribution in [0.25, 0.3) is 0 Å². The smallest absolute Gasteiger partial charge is 0.263 e. The van der Waals surface area contributed by atoms with Crippen molar-refractivity contribution in [3.63, 3.8) is 0 Å². The molecule has 3 heteroatoms. The van der Waals surface area contributed by atoms with Gasteiger partial charge in [0.15, 0.2) is 0 Å². The van der Waals surface area contributed by atoms with Crippen molar-refractivity contribution < 1.29 is 8.78 Å². The molecule has 0 radical (unpaired) electrons. The average Bonchev–Trinajstić information content (AvgIpc) is 2.02. The van der Waals surface area contributed by atoms with Crippen molar-refractivity contribution in [2.45, 2.75) is 18.9 Å². The average molecular weight is 183 g/mol. The zero-order valence-corrected chi connectivity index (χ0v) is 7.13. The van der Waals surface area contributed by atoms with E-state index in [9.17, 15) is 8.78 Å². The van der Waals surface area contributed by atoms with Gasteiger partial charge in [0, 0.05) is 11.6 Å². The third kappa shape index (κ3) is 1.70. The van der Waals surface area contributed by atoms with Crippen LogP contribution in [0.3, 0.4) is 0 Å². The van der Waals surface area contributed by atoms with Crippen LogP contribution in [0, 0.1) is 0 Å². The molecule has 0 spiro atoms. The van der Waals surface area contributed by atoms with E-state index in [-0.39, 0.29) is 5.56 Å². The maximum Gasteiger partial charge on any atom is 0.263 e. The first-order valence-corrected chi connectivity index (χ1v) is 4.39. The Morgan fingerprint density at radius 2 is 1.85 bits per heavy atom. The molecule has 1 aromatic rings. The molecular weight excluding hydrogens is 172 g/mol. The van der Waals surface area contributed by atoms with Crippen LogP contribution in [0.1, 0.15) is 30.0 Å². The summed E-state index contributed by atoms with van der Waals surface area (Å²) in [4.78, 5) is 0. The zero-order valence-electron chi connectivity index (χ0n) is 7.13. The number of rotatable bonds is 2. The second-order valence-corrected chi connectivity index (χ2v) is 3.26. The van der Waals surface area contributed by atoms with Crippen LogP contribution in [0.5, 0.6) is 0 Å². The molecule has 1 aromatic carbocycles. The highest BCUT2D eigenvalue weighted by Crippen LogP contribution is 2.25. The highest BCUT2D eigenvalue weighted by molar-refractivity contribution is 5.26. The normalized spacial score (nSPS) is 21.6. The topological polar surface area (TPSA) is 12.0 Å². The molecule has 0 aromatic heterocycles. The second-order valence-electron chi connectivity index (χ2n) is 3.26. The predicted molar refractivity (Wildman–Crippen MR) is 46.8 cm³/mol. The van der Waals surface area contributed by atoms with Crippen molar-refractivity contribution in [1.82, 2.24) is 5.32 Å². The van der Waals surface area contributed by atoms with Crippen LogP contribution >= 0.6 is 0 Å². The Bertz CT molecular complexity index is 277. The van der Waals surface area contributed by atoms with Crippen LogP contribution in [0.2, 0.25) is 0 Å². The summed E-state index contributed by atoms with van der Waals surface area (Å²) in [5, 5.41) is 3.22. The van der Waals surface area contributed by atoms with Gasteiger partial charge >= 0.3 is 0 Å². The first-order chi connectivity index (χ1) is 6.27. The standard InChI is InChI=1S/C10H11F2N/c11-10(12)8-3-1-7(2-4-8)9-5-6-13-9/h1-4,9-10,13H,5-6H2/t9-/m0/s1. The minimum atomic E-state index is -2.36. The van der Waals surface area contributed by atoms with Gasteiger partial charge in [-0.2, -0.15) is 0 Å². The van der Waals surface area contributed by atoms with Gasteiger partial charge in [0.1, 0.15) is 0 Å². The Balaban J connectivity index is 2.13. The van der Waals surface area contributed by atoms with Gasteiger partial charge in [-0.05, 0) is 18.5 Å². The summed E-state index contributed by atoms with van der Waals surface area (Å²) in [6, 6.07) is 6.93. The van der Waals surface area contributed by atoms with Gasteiger partial charge in [0.2, 0.25) is 0 Å². The summed E-state index contributed by atoms with van der Waals surface area (Å²) in [6.45, 7) is 1.03. The fourth-order valence-corrected chi connectivity index (χ4v) is 1.45. The van der Waals surface area contributed by atoms with Gasteiger partial charge in [-0.15, -0.1) is 0 Å². The van der Waals surface area contributed by atoms with E-state index in [1.807, 2.05) is 0 Å². The molecule has 1 heterocycles. The minimum Gasteiger partial charge on any atom is -0.310 e. The zero-order chi connectivity index (χ0) is 9.26. The lowest BCUT2D eigenvalue weighted by molar-refractivity contribution is 0.151. The molecule has 2 rings (SSSR count). The van der Waals surface area contributed by atoms with Gasteiger partial charge < -0.3 is 5.32 Å². The van der Waals surface area contributed by atoms with E-state index in [0.717, 1.165) is 18.5 Å². The molecular formula is C10H11F2N. The fourth-order valence-electron chi connectivity index (χ4n) is 1.45. The lowest BCUT2D eigenvalue weighted by Crippen LogP contribution is -2.34. The van der Waals surface area contributed by atoms with Gasteiger partial charge in [0.25, 0.3) is 6.43 Å². The molecule has 1 nitrogen and oxygen atoms in total. The molecule has 0 aliphatic carbocycles. The molecule has 0 unspecified atom stereocenters. The van der Waals surface area contributed by atoms with Crippen LogP contribution < -0.4 is 5.32 Å². The summed E-state index contributed by atoms with van der Waals surface area (Å²) in [6.07, 6.45) is -1.25. The largest absolute Gasteiger partial charge is 0.310 e. The lowest BCUT2D eigenvalue weighted by Gasteiger charge is -2.28. The van der Waals surface area contributed by atoms with Gasteiger partial charge in [-0.3, -0.25) is 0 Å². The Morgan fingerprint density at radius 3 is 2.23 bits per heavy atom. The van der Waals surface area contributed by atoms with Gasteiger partial charge in [0.05, 0.1) is 0 Å². The number of benzene rings is 1. The molecule has 1 fully saturated rings. The van der Waals surface area contributed by atoms with E-state index in [1.54, 1.807) is 12.1 Å². The molecule has 13 heavy (non-hydrogen) atoms. The maximum absolute atomic E-state index is 12.2. The predicted octanol–water partition coefficient (Wildman–Crippen LogP) is 2.66. The quantitative estimate of drug-likeness (QED) is 0.743. The molecule has 70 valence electrons. The van der Waals surface area contributed by atoms with E-state index in [4.69, 9.17) is 0 Å². The first kappa shape index (κ1) is 8.63. The van der Waals surface area contributed by atoms with Crippen LogP contribution in [0.4, 0.5) is 8.78 Å². The van der Waals surface area contributed by atoms with Gasteiger partial charge in [-0.25, -0.2) is 8.78 Å². The summed E-state index contributed by atoms with van der Waals surface area (Å²) in [5.74, 6) is 0. The van der Waals surface area contributed by atoms with E-state index < -0.39 is 6.43 Å². The third-order valence-corrected chi connectivity index (χ3v) is 2.41. The van der Waals surface area contributed by atoms with Crippen molar-refractivity contribution in [1.29, 1.82) is 0 Å². The van der Waals surface area contributed by atoms with E-state index in [0.29, 0.717) is 6.04 Å². The SMILES string of the molecule is FC(F)c1ccc([C@@H]2CCN2)cc1. The number of alkyl halides is 2. The van der Waals surface area contributed by atoms with Crippen LogP contribution in [-0.4, -0.2) is 6.54 Å². The number of halogens is 2. The summed E-state index contributed by atoms with van der Waals surface area (Å²) in [7, 11) is 0. The molecule has 0 amide bonds. The fraction of sp³-hybridized carbons (Fsp3) is 0.400. The monoisotopic (exact) mass is 183 g/mol. The van der Waals surface area contributed by atoms with Crippen molar-refractivity contribution in [3.8, 4) is 0 Å². The molecule has 1 atom stereocenters. The first-order valence-electron chi connectivity index (χ1n) is 4.39. The van der Waals surface area contributed by atoms with Crippen LogP contribution in [0.15, 0.2) is 24.3 Å².